The molecule has 1 radical (unpaired) electrons. The summed E-state index contributed by atoms with van der Waals surface area (Å²) in [7, 11) is 0. The Balaban J connectivity index is 0.00000216. The highest BCUT2D eigenvalue weighted by molar-refractivity contribution is 5.85. The molecule has 2 aliphatic rings. The van der Waals surface area contributed by atoms with E-state index in [0.717, 1.165) is 36.1 Å². The Morgan fingerprint density at radius 1 is 1.09 bits per heavy atom. The number of amides is 2. The molecule has 1 fully saturated rings. The van der Waals surface area contributed by atoms with Gasteiger partial charge >= 0.3 is 0 Å². The Bertz CT molecular complexity index is 1040. The van der Waals surface area contributed by atoms with Crippen molar-refractivity contribution < 1.29 is 22.0 Å². The van der Waals surface area contributed by atoms with Crippen molar-refractivity contribution in [3.8, 4) is 0 Å². The maximum Gasteiger partial charge on any atom is 0.256 e. The zero-order valence-electron chi connectivity index (χ0n) is 19.4. The third-order valence-corrected chi connectivity index (χ3v) is 6.26. The molecule has 0 bridgehead atoms. The largest absolute Gasteiger partial charge is 1.00 e. The van der Waals surface area contributed by atoms with E-state index in [4.69, 9.17) is 5.73 Å². The fourth-order valence-corrected chi connectivity index (χ4v) is 4.62. The zero-order valence-corrected chi connectivity index (χ0v) is 21.0. The Labute approximate surface area is 219 Å². The molecule has 2 aromatic carbocycles. The molecule has 1 unspecified atom stereocenters. The maximum absolute atomic E-state index is 13.3. The van der Waals surface area contributed by atoms with E-state index in [2.05, 4.69) is 4.99 Å². The Kier molecular flexibility index (Phi) is 11.2. The van der Waals surface area contributed by atoms with Crippen LogP contribution in [-0.2, 0) is 16.0 Å². The van der Waals surface area contributed by atoms with Crippen LogP contribution in [0.4, 0.5) is 0 Å². The number of aliphatic imine (C=N–C) groups is 1. The van der Waals surface area contributed by atoms with Crippen LogP contribution < -0.4 is 23.1 Å². The van der Waals surface area contributed by atoms with Crippen LogP contribution in [0.15, 0.2) is 84.6 Å². The number of hydrogen-bond donors (Lipinski definition) is 1. The number of rotatable bonds is 9. The van der Waals surface area contributed by atoms with Gasteiger partial charge < -0.3 is 27.9 Å². The van der Waals surface area contributed by atoms with Crippen molar-refractivity contribution in [1.29, 1.82) is 0 Å². The molecule has 1 saturated heterocycles. The standard InChI is InChI=1S/C27H30N4O2.2ClH/c28-24(18-21-10-3-1-4-11-21)27(33)30-17-9-15-26(30)31(20-32)25(22-12-5-2-6-13-22)19-23-14-7-8-16-29-23;;/h1-8,10-14,16,20,24-26H,9,15,17-19,28H2;2*1H/q+1;;/p-1/t24-,25-,26?;;/m0../s1. The highest BCUT2D eigenvalue weighted by Gasteiger charge is 2.39. The Morgan fingerprint density at radius 2 is 1.77 bits per heavy atom. The first kappa shape index (κ1) is 28.3. The summed E-state index contributed by atoms with van der Waals surface area (Å²) in [5.74, 6) is -0.113. The maximum atomic E-state index is 13.3. The van der Waals surface area contributed by atoms with Crippen molar-refractivity contribution in [2.24, 2.45) is 5.73 Å². The third kappa shape index (κ3) is 7.04. The van der Waals surface area contributed by atoms with E-state index in [0.29, 0.717) is 19.4 Å². The van der Waals surface area contributed by atoms with E-state index in [1.54, 1.807) is 16.0 Å². The predicted octanol–water partition coefficient (Wildman–Crippen LogP) is 0.381. The van der Waals surface area contributed by atoms with Crippen molar-refractivity contribution >= 4 is 30.9 Å². The minimum atomic E-state index is -0.646. The van der Waals surface area contributed by atoms with Crippen LogP contribution in [0.25, 0.3) is 0 Å². The molecule has 0 saturated carbocycles. The lowest BCUT2D eigenvalue weighted by Crippen LogP contribution is -3.00. The number of nitrogens with two attached hydrogens (primary N) is 1. The summed E-state index contributed by atoms with van der Waals surface area (Å²) < 4.78 is 0. The van der Waals surface area contributed by atoms with E-state index in [1.807, 2.05) is 78.9 Å². The van der Waals surface area contributed by atoms with Crippen molar-refractivity contribution in [2.45, 2.75) is 43.9 Å². The van der Waals surface area contributed by atoms with Crippen molar-refractivity contribution in [2.75, 3.05) is 6.54 Å². The lowest BCUT2D eigenvalue weighted by atomic mass is 9.99. The molecular weight excluding hydrogens is 483 g/mol. The van der Waals surface area contributed by atoms with Gasteiger partial charge in [0.1, 0.15) is 6.17 Å². The molecule has 0 aromatic heterocycles. The summed E-state index contributed by atoms with van der Waals surface area (Å²) >= 11 is 0. The number of allylic oxidation sites excluding steroid dienone is 3. The van der Waals surface area contributed by atoms with Crippen molar-refractivity contribution in [1.82, 2.24) is 14.8 Å². The summed E-state index contributed by atoms with van der Waals surface area (Å²) in [4.78, 5) is 33.8. The topological polar surface area (TPSA) is 80.7 Å². The second kappa shape index (κ2) is 13.8. The molecule has 2 heterocycles. The Hall–Kier alpha value is -2.93. The second-order valence-electron chi connectivity index (χ2n) is 8.45. The van der Waals surface area contributed by atoms with Crippen molar-refractivity contribution in [3.63, 3.8) is 0 Å². The zero-order chi connectivity index (χ0) is 23.0. The Morgan fingerprint density at radius 3 is 2.40 bits per heavy atom. The van der Waals surface area contributed by atoms with E-state index in [9.17, 15) is 9.59 Å². The molecule has 0 aliphatic carbocycles. The number of carbonyl (C=O) groups excluding carboxylic acids is 2. The van der Waals surface area contributed by atoms with Gasteiger partial charge in [0.05, 0.1) is 23.5 Å². The van der Waals surface area contributed by atoms with Crippen LogP contribution in [-0.4, -0.2) is 47.1 Å². The molecular formula is C27H31Cl2N4O2. The van der Waals surface area contributed by atoms with Gasteiger partial charge in [0.2, 0.25) is 18.5 Å². The van der Waals surface area contributed by atoms with Gasteiger partial charge in [0.25, 0.3) is 5.70 Å². The molecule has 3 atom stereocenters. The average molecular weight is 514 g/mol. The van der Waals surface area contributed by atoms with Crippen LogP contribution in [0.1, 0.15) is 36.4 Å². The smallest absolute Gasteiger partial charge is 0.256 e. The summed E-state index contributed by atoms with van der Waals surface area (Å²) in [6.45, 7) is 0.599. The first-order valence-corrected chi connectivity index (χ1v) is 11.4. The van der Waals surface area contributed by atoms with E-state index in [1.165, 1.54) is 0 Å². The quantitative estimate of drug-likeness (QED) is 0.492. The molecule has 2 N–H and O–H groups in total. The molecule has 0 spiro atoms. The number of likely N-dealkylation sites (tertiary alicyclic amines) is 1. The molecule has 8 heteroatoms. The minimum Gasteiger partial charge on any atom is -1.00 e. The molecule has 4 rings (SSSR count). The van der Waals surface area contributed by atoms with E-state index < -0.39 is 6.04 Å². The second-order valence-corrected chi connectivity index (χ2v) is 8.45. The lowest BCUT2D eigenvalue weighted by Gasteiger charge is -2.38. The summed E-state index contributed by atoms with van der Waals surface area (Å²) in [6, 6.07) is 18.8. The van der Waals surface area contributed by atoms with Crippen LogP contribution >= 0.6 is 12.4 Å². The van der Waals surface area contributed by atoms with Gasteiger partial charge in [-0.25, -0.2) is 0 Å². The van der Waals surface area contributed by atoms with Gasteiger partial charge in [-0.1, -0.05) is 60.7 Å². The number of benzene rings is 2. The van der Waals surface area contributed by atoms with Gasteiger partial charge in [0, 0.05) is 18.7 Å². The molecule has 2 amide bonds. The summed E-state index contributed by atoms with van der Waals surface area (Å²) in [6.07, 6.45) is 10.7. The number of nitrogens with zero attached hydrogens (tertiary/aromatic N) is 3. The predicted molar refractivity (Wildman–Crippen MR) is 137 cm³/mol. The SMILES string of the molecule is Cl.N[C@@H](Cc1ccccc1)C(=O)N1CCCC1N(C=O)[C@@H](CC1=CC=CC=[N+]1)c1ccccc1.[Cl-]. The monoisotopic (exact) mass is 513 g/mol. The van der Waals surface area contributed by atoms with E-state index in [-0.39, 0.29) is 42.9 Å². The van der Waals surface area contributed by atoms with Gasteiger partial charge in [-0.3, -0.25) is 9.59 Å². The van der Waals surface area contributed by atoms with Gasteiger partial charge in [0.15, 0.2) is 0 Å². The van der Waals surface area contributed by atoms with E-state index >= 15 is 0 Å². The molecule has 35 heavy (non-hydrogen) atoms. The van der Waals surface area contributed by atoms with Gasteiger partial charge in [-0.2, -0.15) is 0 Å². The minimum absolute atomic E-state index is 0. The summed E-state index contributed by atoms with van der Waals surface area (Å²) in [5.41, 5.74) is 9.28. The van der Waals surface area contributed by atoms with Crippen LogP contribution in [0.5, 0.6) is 0 Å². The highest BCUT2D eigenvalue weighted by atomic mass is 35.5. The molecule has 185 valence electrons. The summed E-state index contributed by atoms with van der Waals surface area (Å²) in [5, 5.41) is 0. The number of carbonyl (C=O) groups is 2. The average Bonchev–Trinajstić information content (AvgIpc) is 3.35. The third-order valence-electron chi connectivity index (χ3n) is 6.26. The van der Waals surface area contributed by atoms with Gasteiger partial charge in [-0.05, 0) is 36.5 Å². The fourth-order valence-electron chi connectivity index (χ4n) is 4.62. The number of hydrogen-bond acceptors (Lipinski definition) is 4. The fraction of sp³-hybridized carbons (Fsp3) is 0.296. The van der Waals surface area contributed by atoms with Crippen LogP contribution in [0.3, 0.4) is 0 Å². The van der Waals surface area contributed by atoms with Crippen molar-refractivity contribution in [3.05, 3.63) is 95.7 Å². The highest BCUT2D eigenvalue weighted by Crippen LogP contribution is 2.33. The van der Waals surface area contributed by atoms with Gasteiger partial charge in [-0.15, -0.1) is 12.4 Å². The number of halogens is 2. The normalized spacial score (nSPS) is 18.0. The molecule has 2 aromatic rings. The molecule has 2 aliphatic heterocycles. The first-order chi connectivity index (χ1) is 16.2. The molecule has 6 nitrogen and oxygen atoms in total. The van der Waals surface area contributed by atoms with Crippen LogP contribution in [0, 0.1) is 0 Å². The lowest BCUT2D eigenvalue weighted by molar-refractivity contribution is -0.141. The van der Waals surface area contributed by atoms with Crippen LogP contribution in [0.2, 0.25) is 0 Å². The first-order valence-electron chi connectivity index (χ1n) is 11.4.